The summed E-state index contributed by atoms with van der Waals surface area (Å²) in [5.41, 5.74) is -0.736. The summed E-state index contributed by atoms with van der Waals surface area (Å²) in [4.78, 5) is 10.1. The molecule has 0 saturated heterocycles. The molecule has 0 aromatic heterocycles. The lowest BCUT2D eigenvalue weighted by Crippen LogP contribution is -1.97. The van der Waals surface area contributed by atoms with E-state index in [1.54, 1.807) is 6.07 Å². The van der Waals surface area contributed by atoms with Gasteiger partial charge in [-0.25, -0.2) is 8.78 Å². The molecule has 5 nitrogen and oxygen atoms in total. The predicted octanol–water partition coefficient (Wildman–Crippen LogP) is 4.19. The van der Waals surface area contributed by atoms with Crippen molar-refractivity contribution in [3.8, 4) is 17.6 Å². The Hall–Kier alpha value is -2.72. The second kappa shape index (κ2) is 5.73. The lowest BCUT2D eigenvalue weighted by atomic mass is 10.2. The minimum atomic E-state index is -1.15. The molecule has 0 spiro atoms. The van der Waals surface area contributed by atoms with Crippen LogP contribution in [0.5, 0.6) is 11.5 Å². The van der Waals surface area contributed by atoms with E-state index in [9.17, 15) is 18.9 Å². The molecule has 106 valence electrons. The Kier molecular flexibility index (Phi) is 4.00. The van der Waals surface area contributed by atoms with Crippen molar-refractivity contribution < 1.29 is 18.4 Å². The highest BCUT2D eigenvalue weighted by molar-refractivity contribution is 6.30. The average Bonchev–Trinajstić information content (AvgIpc) is 2.42. The van der Waals surface area contributed by atoms with E-state index in [-0.39, 0.29) is 10.6 Å². The molecule has 0 radical (unpaired) electrons. The van der Waals surface area contributed by atoms with Crippen molar-refractivity contribution in [2.75, 3.05) is 0 Å². The van der Waals surface area contributed by atoms with E-state index < -0.39 is 33.7 Å². The van der Waals surface area contributed by atoms with Gasteiger partial charge >= 0.3 is 5.69 Å². The minimum absolute atomic E-state index is 0.102. The lowest BCUT2D eigenvalue weighted by Gasteiger charge is -2.09. The summed E-state index contributed by atoms with van der Waals surface area (Å²) in [5.74, 6) is -3.56. The first-order chi connectivity index (χ1) is 9.92. The van der Waals surface area contributed by atoms with Crippen LogP contribution in [-0.2, 0) is 0 Å². The quantitative estimate of drug-likeness (QED) is 0.629. The summed E-state index contributed by atoms with van der Waals surface area (Å²) in [5, 5.41) is 19.5. The lowest BCUT2D eigenvalue weighted by molar-refractivity contribution is -0.385. The molecule has 0 unspecified atom stereocenters. The van der Waals surface area contributed by atoms with Crippen LogP contribution >= 0.6 is 11.6 Å². The monoisotopic (exact) mass is 310 g/mol. The largest absolute Gasteiger partial charge is 0.444 e. The molecule has 0 aliphatic carbocycles. The Morgan fingerprint density at radius 3 is 2.38 bits per heavy atom. The Labute approximate surface area is 122 Å². The van der Waals surface area contributed by atoms with Crippen LogP contribution in [0, 0.1) is 33.1 Å². The van der Waals surface area contributed by atoms with Gasteiger partial charge in [-0.15, -0.1) is 0 Å². The van der Waals surface area contributed by atoms with Crippen molar-refractivity contribution in [3.63, 3.8) is 0 Å². The molecular weight excluding hydrogens is 306 g/mol. The SMILES string of the molecule is N#Cc1cc(F)c(Oc2cc(Cl)ccc2[N+](=O)[O-])c(F)c1. The van der Waals surface area contributed by atoms with Crippen LogP contribution in [0.1, 0.15) is 5.56 Å². The van der Waals surface area contributed by atoms with Gasteiger partial charge in [-0.2, -0.15) is 5.26 Å². The van der Waals surface area contributed by atoms with Gasteiger partial charge in [0.1, 0.15) is 0 Å². The van der Waals surface area contributed by atoms with Crippen molar-refractivity contribution in [2.45, 2.75) is 0 Å². The van der Waals surface area contributed by atoms with E-state index >= 15 is 0 Å². The highest BCUT2D eigenvalue weighted by Crippen LogP contribution is 2.36. The molecule has 0 aliphatic rings. The van der Waals surface area contributed by atoms with Crippen LogP contribution in [0.2, 0.25) is 5.02 Å². The number of halogens is 3. The molecule has 2 aromatic rings. The van der Waals surface area contributed by atoms with E-state index in [4.69, 9.17) is 21.6 Å². The fraction of sp³-hybridized carbons (Fsp3) is 0. The third-order valence-corrected chi connectivity index (χ3v) is 2.69. The van der Waals surface area contributed by atoms with Gasteiger partial charge in [0.25, 0.3) is 0 Å². The highest BCUT2D eigenvalue weighted by atomic mass is 35.5. The average molecular weight is 311 g/mol. The normalized spacial score (nSPS) is 10.0. The first kappa shape index (κ1) is 14.7. The van der Waals surface area contributed by atoms with Gasteiger partial charge in [0.2, 0.25) is 5.75 Å². The van der Waals surface area contributed by atoms with Crippen LogP contribution in [-0.4, -0.2) is 4.92 Å². The second-order valence-electron chi connectivity index (χ2n) is 3.85. The minimum Gasteiger partial charge on any atom is -0.444 e. The van der Waals surface area contributed by atoms with Crippen molar-refractivity contribution in [1.82, 2.24) is 0 Å². The molecule has 0 heterocycles. The summed E-state index contributed by atoms with van der Waals surface area (Å²) >= 11 is 5.68. The van der Waals surface area contributed by atoms with Crippen LogP contribution in [0.15, 0.2) is 30.3 Å². The molecule has 0 saturated carbocycles. The fourth-order valence-corrected chi connectivity index (χ4v) is 1.71. The number of benzene rings is 2. The highest BCUT2D eigenvalue weighted by Gasteiger charge is 2.20. The maximum absolute atomic E-state index is 13.7. The number of nitrogens with zero attached hydrogens (tertiary/aromatic N) is 2. The summed E-state index contributed by atoms with van der Waals surface area (Å²) < 4.78 is 32.3. The molecule has 0 amide bonds. The summed E-state index contributed by atoms with van der Waals surface area (Å²) in [6, 6.07) is 6.46. The van der Waals surface area contributed by atoms with Gasteiger partial charge < -0.3 is 4.74 Å². The van der Waals surface area contributed by atoms with Crippen LogP contribution < -0.4 is 4.74 Å². The molecule has 2 rings (SSSR count). The Morgan fingerprint density at radius 2 is 1.86 bits per heavy atom. The Bertz CT molecular complexity index is 751. The zero-order valence-electron chi connectivity index (χ0n) is 10.1. The second-order valence-corrected chi connectivity index (χ2v) is 4.29. The number of nitro benzene ring substituents is 1. The number of hydrogen-bond acceptors (Lipinski definition) is 4. The van der Waals surface area contributed by atoms with E-state index in [0.29, 0.717) is 0 Å². The number of nitriles is 1. The van der Waals surface area contributed by atoms with Crippen molar-refractivity contribution >= 4 is 17.3 Å². The molecule has 21 heavy (non-hydrogen) atoms. The predicted molar refractivity (Wildman–Crippen MR) is 69.3 cm³/mol. The molecule has 2 aromatic carbocycles. The molecule has 0 N–H and O–H groups in total. The standard InChI is InChI=1S/C13H5ClF2N2O3/c14-8-1-2-11(18(19)20)12(5-8)21-13-9(15)3-7(6-17)4-10(13)16/h1-5H. The van der Waals surface area contributed by atoms with Crippen molar-refractivity contribution in [1.29, 1.82) is 5.26 Å². The zero-order valence-corrected chi connectivity index (χ0v) is 10.9. The summed E-state index contributed by atoms with van der Waals surface area (Å²) in [6.07, 6.45) is 0. The number of hydrogen-bond donors (Lipinski definition) is 0. The smallest absolute Gasteiger partial charge is 0.311 e. The summed E-state index contributed by atoms with van der Waals surface area (Å²) in [6.45, 7) is 0. The first-order valence-corrected chi connectivity index (χ1v) is 5.81. The van der Waals surface area contributed by atoms with Gasteiger partial charge in [0.15, 0.2) is 17.4 Å². The van der Waals surface area contributed by atoms with Gasteiger partial charge in [-0.05, 0) is 18.2 Å². The number of rotatable bonds is 3. The Morgan fingerprint density at radius 1 is 1.24 bits per heavy atom. The van der Waals surface area contributed by atoms with Crippen LogP contribution in [0.25, 0.3) is 0 Å². The van der Waals surface area contributed by atoms with Crippen molar-refractivity contribution in [3.05, 3.63) is 62.7 Å². The molecule has 0 fully saturated rings. The number of nitro groups is 1. The van der Waals surface area contributed by atoms with Gasteiger partial charge in [-0.3, -0.25) is 10.1 Å². The molecule has 0 atom stereocenters. The van der Waals surface area contributed by atoms with E-state index in [1.165, 1.54) is 6.07 Å². The Balaban J connectivity index is 2.51. The van der Waals surface area contributed by atoms with Crippen LogP contribution in [0.3, 0.4) is 0 Å². The molecule has 0 aliphatic heterocycles. The van der Waals surface area contributed by atoms with E-state index in [0.717, 1.165) is 24.3 Å². The topological polar surface area (TPSA) is 76.2 Å². The summed E-state index contributed by atoms with van der Waals surface area (Å²) in [7, 11) is 0. The molecule has 0 bridgehead atoms. The number of ether oxygens (including phenoxy) is 1. The molecular formula is C13H5ClF2N2O3. The van der Waals surface area contributed by atoms with E-state index in [1.807, 2.05) is 0 Å². The van der Waals surface area contributed by atoms with Gasteiger partial charge in [0.05, 0.1) is 16.6 Å². The molecule has 8 heteroatoms. The maximum Gasteiger partial charge on any atom is 0.311 e. The zero-order chi connectivity index (χ0) is 15.6. The maximum atomic E-state index is 13.7. The van der Waals surface area contributed by atoms with Gasteiger partial charge in [0, 0.05) is 17.2 Å². The van der Waals surface area contributed by atoms with E-state index in [2.05, 4.69) is 0 Å². The van der Waals surface area contributed by atoms with Crippen LogP contribution in [0.4, 0.5) is 14.5 Å². The third kappa shape index (κ3) is 3.07. The first-order valence-electron chi connectivity index (χ1n) is 5.43. The fourth-order valence-electron chi connectivity index (χ4n) is 1.55. The van der Waals surface area contributed by atoms with Crippen molar-refractivity contribution in [2.24, 2.45) is 0 Å². The third-order valence-electron chi connectivity index (χ3n) is 2.46. The van der Waals surface area contributed by atoms with Gasteiger partial charge in [-0.1, -0.05) is 11.6 Å².